The van der Waals surface area contributed by atoms with Crippen molar-refractivity contribution in [2.75, 3.05) is 11.4 Å². The molecule has 1 aliphatic heterocycles. The molecule has 0 unspecified atom stereocenters. The second kappa shape index (κ2) is 11.3. The molecule has 0 saturated heterocycles. The van der Waals surface area contributed by atoms with E-state index in [9.17, 15) is 0 Å². The molecule has 26 heavy (non-hydrogen) atoms. The van der Waals surface area contributed by atoms with Gasteiger partial charge in [-0.3, -0.25) is 5.41 Å². The third-order valence-corrected chi connectivity index (χ3v) is 4.58. The molecule has 0 radical (unpaired) electrons. The Balaban J connectivity index is 0.000000290. The van der Waals surface area contributed by atoms with E-state index in [0.29, 0.717) is 5.56 Å². The van der Waals surface area contributed by atoms with Gasteiger partial charge in [0.2, 0.25) is 5.90 Å². The first-order valence-electron chi connectivity index (χ1n) is 7.92. The summed E-state index contributed by atoms with van der Waals surface area (Å²) in [5.74, 6) is -0.379. The number of nitrogens with zero attached hydrogens (tertiary/aromatic N) is 1. The Labute approximate surface area is 168 Å². The van der Waals surface area contributed by atoms with Crippen molar-refractivity contribution >= 4 is 29.6 Å². The fourth-order valence-corrected chi connectivity index (χ4v) is 3.43. The molecule has 0 spiro atoms. The Kier molecular flexibility index (Phi) is 9.49. The minimum absolute atomic E-state index is 0. The molecule has 2 aromatic carbocycles. The van der Waals surface area contributed by atoms with Gasteiger partial charge in [-0.25, -0.2) is 0 Å². The molecule has 0 aromatic heterocycles. The van der Waals surface area contributed by atoms with Gasteiger partial charge in [0.15, 0.2) is 0 Å². The van der Waals surface area contributed by atoms with Crippen LogP contribution >= 0.6 is 11.8 Å². The van der Waals surface area contributed by atoms with Crippen LogP contribution in [-0.4, -0.2) is 23.8 Å². The minimum atomic E-state index is -0.379. The molecular formula is C20H21N3NiOS. The van der Waals surface area contributed by atoms with Crippen LogP contribution in [0.2, 0.25) is 0 Å². The maximum absolute atomic E-state index is 8.61. The summed E-state index contributed by atoms with van der Waals surface area (Å²) in [7, 11) is 0. The van der Waals surface area contributed by atoms with Gasteiger partial charge in [-0.1, -0.05) is 48.2 Å². The Morgan fingerprint density at radius 2 is 1.73 bits per heavy atom. The van der Waals surface area contributed by atoms with E-state index in [1.54, 1.807) is 42.1 Å². The molecule has 0 atom stereocenters. The maximum Gasteiger partial charge on any atom is 0.210 e. The molecule has 0 bridgehead atoms. The predicted octanol–water partition coefficient (Wildman–Crippen LogP) is 5.23. The molecule has 138 valence electrons. The SMILES string of the molecule is CCN1/C(=C\C=C\C=N)Sc2ccccc21.N=C(O)c1ccccc1.[Ni]. The fraction of sp³-hybridized carbons (Fsp3) is 0.100. The van der Waals surface area contributed by atoms with Crippen molar-refractivity contribution < 1.29 is 21.6 Å². The Morgan fingerprint density at radius 1 is 1.08 bits per heavy atom. The third kappa shape index (κ3) is 5.90. The molecular weight excluding hydrogens is 389 g/mol. The van der Waals surface area contributed by atoms with Crippen LogP contribution in [0, 0.1) is 10.8 Å². The zero-order valence-corrected chi connectivity index (χ0v) is 16.1. The van der Waals surface area contributed by atoms with Crippen LogP contribution < -0.4 is 4.90 Å². The average Bonchev–Trinajstić information content (AvgIpc) is 3.00. The summed E-state index contributed by atoms with van der Waals surface area (Å²) in [6.07, 6.45) is 6.98. The van der Waals surface area contributed by atoms with Crippen LogP contribution in [0.4, 0.5) is 5.69 Å². The van der Waals surface area contributed by atoms with Crippen LogP contribution in [0.3, 0.4) is 0 Å². The number of benzene rings is 2. The number of aliphatic hydroxyl groups is 1. The van der Waals surface area contributed by atoms with E-state index in [1.807, 2.05) is 12.1 Å². The third-order valence-electron chi connectivity index (χ3n) is 3.45. The van der Waals surface area contributed by atoms with Crippen molar-refractivity contribution in [2.24, 2.45) is 0 Å². The molecule has 1 heterocycles. The first-order chi connectivity index (χ1) is 12.2. The van der Waals surface area contributed by atoms with E-state index in [0.717, 1.165) is 6.54 Å². The molecule has 2 aromatic rings. The molecule has 0 saturated carbocycles. The van der Waals surface area contributed by atoms with Crippen LogP contribution in [0.15, 0.2) is 82.7 Å². The second-order valence-electron chi connectivity index (χ2n) is 5.09. The van der Waals surface area contributed by atoms with Crippen molar-refractivity contribution in [3.63, 3.8) is 0 Å². The van der Waals surface area contributed by atoms with E-state index in [1.165, 1.54) is 21.8 Å². The van der Waals surface area contributed by atoms with Gasteiger partial charge in [0.05, 0.1) is 10.7 Å². The fourth-order valence-electron chi connectivity index (χ4n) is 2.29. The Hall–Kier alpha value is -2.30. The van der Waals surface area contributed by atoms with E-state index in [2.05, 4.69) is 42.2 Å². The van der Waals surface area contributed by atoms with Gasteiger partial charge in [-0.2, -0.15) is 0 Å². The number of aliphatic hydroxyl groups excluding tert-OH is 1. The van der Waals surface area contributed by atoms with Gasteiger partial charge in [0.1, 0.15) is 0 Å². The van der Waals surface area contributed by atoms with E-state index < -0.39 is 0 Å². The van der Waals surface area contributed by atoms with Gasteiger partial charge in [0, 0.05) is 39.7 Å². The Morgan fingerprint density at radius 3 is 2.31 bits per heavy atom. The summed E-state index contributed by atoms with van der Waals surface area (Å²) in [6.45, 7) is 3.12. The molecule has 4 nitrogen and oxygen atoms in total. The molecule has 3 rings (SSSR count). The van der Waals surface area contributed by atoms with E-state index in [-0.39, 0.29) is 22.4 Å². The summed E-state index contributed by atoms with van der Waals surface area (Å²) >= 11 is 1.78. The molecule has 3 N–H and O–H groups in total. The number of nitrogens with one attached hydrogen (secondary N) is 2. The van der Waals surface area contributed by atoms with Crippen molar-refractivity contribution in [2.45, 2.75) is 11.8 Å². The summed E-state index contributed by atoms with van der Waals surface area (Å²) in [5.41, 5.74) is 1.84. The van der Waals surface area contributed by atoms with Crippen LogP contribution in [0.1, 0.15) is 12.5 Å². The number of thioether (sulfide) groups is 1. The zero-order chi connectivity index (χ0) is 18.1. The number of para-hydroxylation sites is 1. The number of fused-ring (bicyclic) bond motifs is 1. The van der Waals surface area contributed by atoms with Crippen molar-refractivity contribution in [1.82, 2.24) is 0 Å². The molecule has 6 heteroatoms. The van der Waals surface area contributed by atoms with Gasteiger partial charge in [0.25, 0.3) is 0 Å². The molecule has 0 amide bonds. The second-order valence-corrected chi connectivity index (χ2v) is 6.15. The summed E-state index contributed by atoms with van der Waals surface area (Å²) in [6, 6.07) is 17.2. The first-order valence-corrected chi connectivity index (χ1v) is 8.73. The van der Waals surface area contributed by atoms with Gasteiger partial charge < -0.3 is 15.4 Å². The van der Waals surface area contributed by atoms with Crippen molar-refractivity contribution in [3.8, 4) is 0 Å². The van der Waals surface area contributed by atoms with Crippen molar-refractivity contribution in [1.29, 1.82) is 10.8 Å². The van der Waals surface area contributed by atoms with Crippen LogP contribution in [-0.2, 0) is 16.5 Å². The number of allylic oxidation sites excluding steroid dienone is 3. The van der Waals surface area contributed by atoms with E-state index in [4.69, 9.17) is 15.9 Å². The number of anilines is 1. The van der Waals surface area contributed by atoms with E-state index >= 15 is 0 Å². The molecule has 0 aliphatic carbocycles. The number of rotatable bonds is 4. The van der Waals surface area contributed by atoms with Gasteiger partial charge in [-0.05, 0) is 43.3 Å². The van der Waals surface area contributed by atoms with Gasteiger partial charge in [-0.15, -0.1) is 0 Å². The normalized spacial score (nSPS) is 13.6. The average molecular weight is 410 g/mol. The number of hydrogen-bond donors (Lipinski definition) is 3. The largest absolute Gasteiger partial charge is 0.493 e. The smallest absolute Gasteiger partial charge is 0.210 e. The quantitative estimate of drug-likeness (QED) is 0.367. The standard InChI is InChI=1S/C13H14N2S.C7H7NO.Ni/c1-2-15-11-7-3-4-8-12(11)16-13(15)9-5-6-10-14;8-7(9)6-4-2-1-3-5-6;/h3-10,14H,2H2,1H3;1-5H,(H2,8,9);/b6-5+,13-9+,14-10?;;. The summed E-state index contributed by atoms with van der Waals surface area (Å²) in [4.78, 5) is 3.59. The van der Waals surface area contributed by atoms with Crippen LogP contribution in [0.5, 0.6) is 0 Å². The first kappa shape index (κ1) is 21.7. The monoisotopic (exact) mass is 409 g/mol. The minimum Gasteiger partial charge on any atom is -0.493 e. The maximum atomic E-state index is 8.61. The van der Waals surface area contributed by atoms with Crippen molar-refractivity contribution in [3.05, 3.63) is 83.4 Å². The zero-order valence-electron chi connectivity index (χ0n) is 14.3. The molecule has 1 aliphatic rings. The van der Waals surface area contributed by atoms with Crippen LogP contribution in [0.25, 0.3) is 0 Å². The summed E-state index contributed by atoms with van der Waals surface area (Å²) in [5, 5.41) is 23.6. The predicted molar refractivity (Wildman–Crippen MR) is 107 cm³/mol. The van der Waals surface area contributed by atoms with Gasteiger partial charge >= 0.3 is 0 Å². The topological polar surface area (TPSA) is 71.2 Å². The Bertz CT molecular complexity index is 791. The molecule has 0 fully saturated rings. The summed E-state index contributed by atoms with van der Waals surface area (Å²) < 4.78 is 0. The number of hydrogen-bond acceptors (Lipinski definition) is 4.